The second-order valence-corrected chi connectivity index (χ2v) is 1.71. The Labute approximate surface area is 51.4 Å². The number of hydrogen-bond donors (Lipinski definition) is 0. The Hall–Kier alpha value is -0.300. The Morgan fingerprint density at radius 2 is 2.25 bits per heavy atom. The minimum absolute atomic E-state index is 0.319. The van der Waals surface area contributed by atoms with Crippen LogP contribution < -0.4 is 0 Å². The molecule has 0 saturated carbocycles. The van der Waals surface area contributed by atoms with Gasteiger partial charge in [0.2, 0.25) is 0 Å². The molecule has 0 rings (SSSR count). The van der Waals surface area contributed by atoms with Crippen molar-refractivity contribution in [1.82, 2.24) is 0 Å². The summed E-state index contributed by atoms with van der Waals surface area (Å²) >= 11 is 0. The topological polar surface area (TPSA) is 9.23 Å². The SMILES string of the molecule is CC=C[C@H](CC)OC. The van der Waals surface area contributed by atoms with Crippen LogP contribution in [0.15, 0.2) is 12.2 Å². The number of ether oxygens (including phenoxy) is 1. The summed E-state index contributed by atoms with van der Waals surface area (Å²) in [5.41, 5.74) is 0. The highest BCUT2D eigenvalue weighted by Gasteiger charge is 1.93. The van der Waals surface area contributed by atoms with Gasteiger partial charge in [-0.3, -0.25) is 0 Å². The van der Waals surface area contributed by atoms with Crippen molar-refractivity contribution in [3.63, 3.8) is 0 Å². The van der Waals surface area contributed by atoms with E-state index in [9.17, 15) is 0 Å². The van der Waals surface area contributed by atoms with Gasteiger partial charge in [-0.05, 0) is 13.3 Å². The molecule has 0 radical (unpaired) electrons. The van der Waals surface area contributed by atoms with Crippen LogP contribution >= 0.6 is 0 Å². The van der Waals surface area contributed by atoms with E-state index in [4.69, 9.17) is 4.74 Å². The van der Waals surface area contributed by atoms with Crippen molar-refractivity contribution in [2.45, 2.75) is 26.4 Å². The Balaban J connectivity index is 3.36. The molecule has 8 heavy (non-hydrogen) atoms. The number of allylic oxidation sites excluding steroid dienone is 1. The molecule has 0 N–H and O–H groups in total. The van der Waals surface area contributed by atoms with Gasteiger partial charge >= 0.3 is 0 Å². The first-order chi connectivity index (χ1) is 3.85. The average molecular weight is 114 g/mol. The van der Waals surface area contributed by atoms with E-state index < -0.39 is 0 Å². The molecule has 0 aliphatic carbocycles. The smallest absolute Gasteiger partial charge is 0.0749 e. The van der Waals surface area contributed by atoms with E-state index in [0.717, 1.165) is 6.42 Å². The summed E-state index contributed by atoms with van der Waals surface area (Å²) in [6.07, 6.45) is 5.44. The van der Waals surface area contributed by atoms with Gasteiger partial charge in [0.25, 0.3) is 0 Å². The van der Waals surface area contributed by atoms with Crippen LogP contribution in [0.2, 0.25) is 0 Å². The van der Waals surface area contributed by atoms with Crippen molar-refractivity contribution in [3.05, 3.63) is 12.2 Å². The van der Waals surface area contributed by atoms with Crippen LogP contribution in [0.5, 0.6) is 0 Å². The van der Waals surface area contributed by atoms with Crippen LogP contribution in [0.25, 0.3) is 0 Å². The quantitative estimate of drug-likeness (QED) is 0.510. The minimum atomic E-state index is 0.319. The van der Waals surface area contributed by atoms with E-state index in [2.05, 4.69) is 13.0 Å². The third-order valence-corrected chi connectivity index (χ3v) is 1.11. The summed E-state index contributed by atoms with van der Waals surface area (Å²) in [6, 6.07) is 0. The molecule has 0 unspecified atom stereocenters. The van der Waals surface area contributed by atoms with Gasteiger partial charge in [-0.25, -0.2) is 0 Å². The maximum atomic E-state index is 5.05. The summed E-state index contributed by atoms with van der Waals surface area (Å²) < 4.78 is 5.05. The lowest BCUT2D eigenvalue weighted by atomic mass is 10.2. The molecule has 1 nitrogen and oxygen atoms in total. The molecule has 0 aliphatic heterocycles. The van der Waals surface area contributed by atoms with Crippen LogP contribution in [0.3, 0.4) is 0 Å². The zero-order valence-corrected chi connectivity index (χ0v) is 5.85. The first kappa shape index (κ1) is 7.70. The third-order valence-electron chi connectivity index (χ3n) is 1.11. The molecule has 0 spiro atoms. The summed E-state index contributed by atoms with van der Waals surface area (Å²) in [4.78, 5) is 0. The van der Waals surface area contributed by atoms with E-state index in [1.165, 1.54) is 0 Å². The largest absolute Gasteiger partial charge is 0.377 e. The highest BCUT2D eigenvalue weighted by molar-refractivity contribution is 4.85. The second kappa shape index (κ2) is 4.85. The lowest BCUT2D eigenvalue weighted by Gasteiger charge is -2.04. The predicted octanol–water partition coefficient (Wildman–Crippen LogP) is 1.99. The Morgan fingerprint density at radius 1 is 1.62 bits per heavy atom. The first-order valence-electron chi connectivity index (χ1n) is 3.00. The molecule has 0 heterocycles. The van der Waals surface area contributed by atoms with Crippen molar-refractivity contribution in [2.24, 2.45) is 0 Å². The van der Waals surface area contributed by atoms with Crippen LogP contribution in [0.1, 0.15) is 20.3 Å². The monoisotopic (exact) mass is 114 g/mol. The van der Waals surface area contributed by atoms with E-state index in [0.29, 0.717) is 6.10 Å². The zero-order chi connectivity index (χ0) is 6.41. The summed E-state index contributed by atoms with van der Waals surface area (Å²) in [5, 5.41) is 0. The molecular weight excluding hydrogens is 100 g/mol. The highest BCUT2D eigenvalue weighted by Crippen LogP contribution is 1.96. The van der Waals surface area contributed by atoms with Crippen LogP contribution in [0, 0.1) is 0 Å². The summed E-state index contributed by atoms with van der Waals surface area (Å²) in [7, 11) is 1.73. The molecule has 0 amide bonds. The molecule has 1 heteroatoms. The fourth-order valence-electron chi connectivity index (χ4n) is 0.596. The van der Waals surface area contributed by atoms with E-state index in [1.54, 1.807) is 7.11 Å². The predicted molar refractivity (Wildman–Crippen MR) is 35.9 cm³/mol. The Kier molecular flexibility index (Phi) is 4.67. The number of rotatable bonds is 3. The molecule has 0 aromatic rings. The van der Waals surface area contributed by atoms with Crippen LogP contribution in [0.4, 0.5) is 0 Å². The molecule has 0 bridgehead atoms. The van der Waals surface area contributed by atoms with Gasteiger partial charge in [-0.15, -0.1) is 0 Å². The molecule has 1 atom stereocenters. The second-order valence-electron chi connectivity index (χ2n) is 1.71. The number of hydrogen-bond acceptors (Lipinski definition) is 1. The maximum Gasteiger partial charge on any atom is 0.0749 e. The highest BCUT2D eigenvalue weighted by atomic mass is 16.5. The van der Waals surface area contributed by atoms with E-state index >= 15 is 0 Å². The van der Waals surface area contributed by atoms with Gasteiger partial charge < -0.3 is 4.74 Å². The molecule has 0 aliphatic rings. The van der Waals surface area contributed by atoms with Crippen LogP contribution in [-0.2, 0) is 4.74 Å². The Morgan fingerprint density at radius 3 is 2.38 bits per heavy atom. The van der Waals surface area contributed by atoms with Crippen molar-refractivity contribution in [2.75, 3.05) is 7.11 Å². The Bertz CT molecular complexity index is 62.8. The number of methoxy groups -OCH3 is 1. The third kappa shape index (κ3) is 2.80. The molecule has 0 aromatic carbocycles. The average Bonchev–Trinajstić information content (AvgIpc) is 1.83. The fourth-order valence-corrected chi connectivity index (χ4v) is 0.596. The minimum Gasteiger partial charge on any atom is -0.377 e. The standard InChI is InChI=1S/C7H14O/c1-4-6-7(5-2)8-3/h4,6-7H,5H2,1-3H3/t7-/m0/s1. The zero-order valence-electron chi connectivity index (χ0n) is 5.85. The van der Waals surface area contributed by atoms with Crippen molar-refractivity contribution < 1.29 is 4.74 Å². The molecular formula is C7H14O. The lowest BCUT2D eigenvalue weighted by Crippen LogP contribution is -2.03. The first-order valence-corrected chi connectivity index (χ1v) is 3.00. The summed E-state index contributed by atoms with van der Waals surface area (Å²) in [5.74, 6) is 0. The van der Waals surface area contributed by atoms with Gasteiger partial charge in [0.05, 0.1) is 6.10 Å². The summed E-state index contributed by atoms with van der Waals surface area (Å²) in [6.45, 7) is 4.11. The van der Waals surface area contributed by atoms with Crippen molar-refractivity contribution in [3.8, 4) is 0 Å². The normalized spacial score (nSPS) is 14.9. The molecule has 0 aromatic heterocycles. The molecule has 0 fully saturated rings. The molecule has 0 saturated heterocycles. The van der Waals surface area contributed by atoms with Gasteiger partial charge in [0.1, 0.15) is 0 Å². The van der Waals surface area contributed by atoms with E-state index in [-0.39, 0.29) is 0 Å². The van der Waals surface area contributed by atoms with Crippen molar-refractivity contribution >= 4 is 0 Å². The van der Waals surface area contributed by atoms with Gasteiger partial charge in [-0.1, -0.05) is 19.1 Å². The van der Waals surface area contributed by atoms with Gasteiger partial charge in [0.15, 0.2) is 0 Å². The van der Waals surface area contributed by atoms with E-state index in [1.807, 2.05) is 13.0 Å². The van der Waals surface area contributed by atoms with Crippen LogP contribution in [-0.4, -0.2) is 13.2 Å². The van der Waals surface area contributed by atoms with Gasteiger partial charge in [-0.2, -0.15) is 0 Å². The maximum absolute atomic E-state index is 5.05. The van der Waals surface area contributed by atoms with Crippen molar-refractivity contribution in [1.29, 1.82) is 0 Å². The van der Waals surface area contributed by atoms with Gasteiger partial charge in [0, 0.05) is 7.11 Å². The molecule has 48 valence electrons. The lowest BCUT2D eigenvalue weighted by molar-refractivity contribution is 0.138. The fraction of sp³-hybridized carbons (Fsp3) is 0.714.